The maximum atomic E-state index is 12.6. The standard InChI is InChI=1S/C16H24N2O3S/c1-5-12(2)16(19)18-10-6-7-13-8-9-14(11-15(13)18)22(20,21)17(3)4/h8-9,11-12H,5-7,10H2,1-4H3/t12-/m0/s1. The van der Waals surface area contributed by atoms with Gasteiger partial charge < -0.3 is 4.90 Å². The average molecular weight is 324 g/mol. The number of hydrogen-bond donors (Lipinski definition) is 0. The molecular weight excluding hydrogens is 300 g/mol. The Hall–Kier alpha value is -1.40. The van der Waals surface area contributed by atoms with E-state index in [9.17, 15) is 13.2 Å². The summed E-state index contributed by atoms with van der Waals surface area (Å²) in [6.07, 6.45) is 2.57. The fourth-order valence-electron chi connectivity index (χ4n) is 2.60. The number of aryl methyl sites for hydroxylation is 1. The van der Waals surface area contributed by atoms with Crippen molar-refractivity contribution in [3.05, 3.63) is 23.8 Å². The van der Waals surface area contributed by atoms with Crippen molar-refractivity contribution in [3.8, 4) is 0 Å². The fraction of sp³-hybridized carbons (Fsp3) is 0.562. The van der Waals surface area contributed by atoms with Crippen LogP contribution in [0.25, 0.3) is 0 Å². The van der Waals surface area contributed by atoms with Crippen LogP contribution in [0.2, 0.25) is 0 Å². The molecular formula is C16H24N2O3S. The molecule has 5 nitrogen and oxygen atoms in total. The van der Waals surface area contributed by atoms with Gasteiger partial charge in [-0.25, -0.2) is 12.7 Å². The van der Waals surface area contributed by atoms with Crippen LogP contribution >= 0.6 is 0 Å². The highest BCUT2D eigenvalue weighted by atomic mass is 32.2. The Balaban J connectivity index is 2.47. The molecule has 2 rings (SSSR count). The number of carbonyl (C=O) groups is 1. The molecule has 0 aliphatic carbocycles. The van der Waals surface area contributed by atoms with E-state index in [0.29, 0.717) is 6.54 Å². The topological polar surface area (TPSA) is 57.7 Å². The normalized spacial score (nSPS) is 16.5. The molecule has 0 radical (unpaired) electrons. The van der Waals surface area contributed by atoms with Gasteiger partial charge in [0, 0.05) is 32.2 Å². The van der Waals surface area contributed by atoms with E-state index in [-0.39, 0.29) is 16.7 Å². The lowest BCUT2D eigenvalue weighted by Crippen LogP contribution is -2.39. The molecule has 1 heterocycles. The van der Waals surface area contributed by atoms with Crippen molar-refractivity contribution in [2.75, 3.05) is 25.5 Å². The lowest BCUT2D eigenvalue weighted by Gasteiger charge is -2.32. The molecule has 6 heteroatoms. The first kappa shape index (κ1) is 17.0. The highest BCUT2D eigenvalue weighted by Crippen LogP contribution is 2.31. The fourth-order valence-corrected chi connectivity index (χ4v) is 3.52. The second-order valence-corrected chi connectivity index (χ2v) is 8.13. The van der Waals surface area contributed by atoms with E-state index < -0.39 is 10.0 Å². The third kappa shape index (κ3) is 3.03. The van der Waals surface area contributed by atoms with Crippen LogP contribution in [0.5, 0.6) is 0 Å². The molecule has 1 atom stereocenters. The average Bonchev–Trinajstić information content (AvgIpc) is 2.52. The van der Waals surface area contributed by atoms with Crippen LogP contribution in [-0.2, 0) is 21.2 Å². The minimum atomic E-state index is -3.49. The number of benzene rings is 1. The van der Waals surface area contributed by atoms with Crippen molar-refractivity contribution in [3.63, 3.8) is 0 Å². The van der Waals surface area contributed by atoms with Crippen LogP contribution in [0.1, 0.15) is 32.3 Å². The molecule has 1 aromatic carbocycles. The summed E-state index contributed by atoms with van der Waals surface area (Å²) in [4.78, 5) is 14.5. The van der Waals surface area contributed by atoms with Gasteiger partial charge in [0.2, 0.25) is 15.9 Å². The zero-order valence-electron chi connectivity index (χ0n) is 13.7. The van der Waals surface area contributed by atoms with Crippen molar-refractivity contribution < 1.29 is 13.2 Å². The van der Waals surface area contributed by atoms with Crippen LogP contribution in [0.3, 0.4) is 0 Å². The third-order valence-corrected chi connectivity index (χ3v) is 6.07. The first-order valence-corrected chi connectivity index (χ1v) is 9.10. The van der Waals surface area contributed by atoms with E-state index in [1.54, 1.807) is 17.0 Å². The van der Waals surface area contributed by atoms with Crippen LogP contribution in [0.4, 0.5) is 5.69 Å². The number of rotatable bonds is 4. The molecule has 0 bridgehead atoms. The van der Waals surface area contributed by atoms with Crippen molar-refractivity contribution in [1.82, 2.24) is 4.31 Å². The Morgan fingerprint density at radius 1 is 1.36 bits per heavy atom. The summed E-state index contributed by atoms with van der Waals surface area (Å²) in [5.74, 6) is 0.0166. The van der Waals surface area contributed by atoms with E-state index in [4.69, 9.17) is 0 Å². The molecule has 0 spiro atoms. The Bertz CT molecular complexity index is 668. The van der Waals surface area contributed by atoms with Crippen LogP contribution < -0.4 is 4.90 Å². The largest absolute Gasteiger partial charge is 0.312 e. The smallest absolute Gasteiger partial charge is 0.242 e. The first-order valence-electron chi connectivity index (χ1n) is 7.65. The van der Waals surface area contributed by atoms with Crippen molar-refractivity contribution in [1.29, 1.82) is 0 Å². The third-order valence-electron chi connectivity index (χ3n) is 4.25. The molecule has 1 aromatic rings. The van der Waals surface area contributed by atoms with Gasteiger partial charge in [-0.1, -0.05) is 19.9 Å². The number of fused-ring (bicyclic) bond motifs is 1. The summed E-state index contributed by atoms with van der Waals surface area (Å²) in [5.41, 5.74) is 1.79. The van der Waals surface area contributed by atoms with Crippen LogP contribution in [0.15, 0.2) is 23.1 Å². The number of hydrogen-bond acceptors (Lipinski definition) is 3. The SMILES string of the molecule is CC[C@H](C)C(=O)N1CCCc2ccc(S(=O)(=O)N(C)C)cc21. The van der Waals surface area contributed by atoms with Crippen molar-refractivity contribution >= 4 is 21.6 Å². The maximum absolute atomic E-state index is 12.6. The van der Waals surface area contributed by atoms with Crippen LogP contribution in [0, 0.1) is 5.92 Å². The molecule has 122 valence electrons. The Morgan fingerprint density at radius 2 is 2.05 bits per heavy atom. The zero-order valence-corrected chi connectivity index (χ0v) is 14.5. The van der Waals surface area contributed by atoms with Gasteiger partial charge in [0.15, 0.2) is 0 Å². The molecule has 0 unspecified atom stereocenters. The summed E-state index contributed by atoms with van der Waals surface area (Å²) in [6.45, 7) is 4.55. The summed E-state index contributed by atoms with van der Waals surface area (Å²) in [5, 5.41) is 0. The van der Waals surface area contributed by atoms with E-state index >= 15 is 0 Å². The Morgan fingerprint density at radius 3 is 2.64 bits per heavy atom. The minimum absolute atomic E-state index is 0.0555. The van der Waals surface area contributed by atoms with E-state index in [2.05, 4.69) is 0 Å². The maximum Gasteiger partial charge on any atom is 0.242 e. The van der Waals surface area contributed by atoms with E-state index in [1.807, 2.05) is 19.9 Å². The van der Waals surface area contributed by atoms with Crippen LogP contribution in [-0.4, -0.2) is 39.3 Å². The molecule has 1 aliphatic heterocycles. The van der Waals surface area contributed by atoms with Gasteiger partial charge in [-0.15, -0.1) is 0 Å². The molecule has 0 saturated heterocycles. The molecule has 0 fully saturated rings. The molecule has 1 aliphatic rings. The van der Waals surface area contributed by atoms with Crippen molar-refractivity contribution in [2.45, 2.75) is 38.0 Å². The van der Waals surface area contributed by atoms with Gasteiger partial charge in [-0.3, -0.25) is 4.79 Å². The molecule has 0 N–H and O–H groups in total. The summed E-state index contributed by atoms with van der Waals surface area (Å²) in [7, 11) is -0.468. The quantitative estimate of drug-likeness (QED) is 0.853. The van der Waals surface area contributed by atoms with E-state index in [1.165, 1.54) is 18.4 Å². The minimum Gasteiger partial charge on any atom is -0.312 e. The highest BCUT2D eigenvalue weighted by molar-refractivity contribution is 7.89. The summed E-state index contributed by atoms with van der Waals surface area (Å²) < 4.78 is 25.8. The number of sulfonamides is 1. The number of carbonyl (C=O) groups excluding carboxylic acids is 1. The zero-order chi connectivity index (χ0) is 16.5. The predicted octanol–water partition coefficient (Wildman–Crippen LogP) is 2.26. The second-order valence-electron chi connectivity index (χ2n) is 5.98. The van der Waals surface area contributed by atoms with Gasteiger partial charge in [0.1, 0.15) is 0 Å². The van der Waals surface area contributed by atoms with Gasteiger partial charge in [-0.05, 0) is 37.0 Å². The van der Waals surface area contributed by atoms with Gasteiger partial charge >= 0.3 is 0 Å². The van der Waals surface area contributed by atoms with Gasteiger partial charge in [0.05, 0.1) is 4.90 Å². The lowest BCUT2D eigenvalue weighted by atomic mass is 9.99. The first-order chi connectivity index (χ1) is 10.3. The Kier molecular flexibility index (Phi) is 4.92. The van der Waals surface area contributed by atoms with Crippen molar-refractivity contribution in [2.24, 2.45) is 5.92 Å². The molecule has 22 heavy (non-hydrogen) atoms. The van der Waals surface area contributed by atoms with Gasteiger partial charge in [0.25, 0.3) is 0 Å². The molecule has 1 amide bonds. The Labute approximate surface area is 133 Å². The summed E-state index contributed by atoms with van der Waals surface area (Å²) >= 11 is 0. The highest BCUT2D eigenvalue weighted by Gasteiger charge is 2.27. The molecule has 0 saturated carbocycles. The van der Waals surface area contributed by atoms with E-state index in [0.717, 1.165) is 30.5 Å². The predicted molar refractivity (Wildman–Crippen MR) is 87.4 cm³/mol. The second kappa shape index (κ2) is 6.38. The number of nitrogens with zero attached hydrogens (tertiary/aromatic N) is 2. The summed E-state index contributed by atoms with van der Waals surface area (Å²) in [6, 6.07) is 5.11. The lowest BCUT2D eigenvalue weighted by molar-refractivity contribution is -0.122. The number of anilines is 1. The monoisotopic (exact) mass is 324 g/mol. The van der Waals surface area contributed by atoms with Gasteiger partial charge in [-0.2, -0.15) is 0 Å². The molecule has 0 aromatic heterocycles. The number of amides is 1.